The molecular weight excluding hydrogens is 292 g/mol. The second kappa shape index (κ2) is 6.93. The molecule has 1 aromatic heterocycles. The Morgan fingerprint density at radius 1 is 1.39 bits per heavy atom. The van der Waals surface area contributed by atoms with Gasteiger partial charge in [-0.05, 0) is 12.1 Å². The highest BCUT2D eigenvalue weighted by molar-refractivity contribution is 5.82. The fourth-order valence-corrected chi connectivity index (χ4v) is 3.07. The normalized spacial score (nSPS) is 20.4. The molecule has 3 rings (SSSR count). The molecule has 1 aliphatic rings. The van der Waals surface area contributed by atoms with Gasteiger partial charge in [0, 0.05) is 32.0 Å². The number of nitrogens with zero attached hydrogens (tertiary/aromatic N) is 3. The highest BCUT2D eigenvalue weighted by Gasteiger charge is 2.33. The molecule has 1 aromatic carbocycles. The molecule has 1 aliphatic heterocycles. The van der Waals surface area contributed by atoms with E-state index in [2.05, 4.69) is 21.8 Å². The van der Waals surface area contributed by atoms with Gasteiger partial charge in [-0.25, -0.2) is 4.98 Å². The summed E-state index contributed by atoms with van der Waals surface area (Å²) in [6.07, 6.45) is 2.41. The molecule has 2 N–H and O–H groups in total. The summed E-state index contributed by atoms with van der Waals surface area (Å²) in [5, 5.41) is 10.4. The lowest BCUT2D eigenvalue weighted by molar-refractivity contribution is -0.143. The number of carbonyl (C=O) groups is 1. The highest BCUT2D eigenvalue weighted by atomic mass is 16.3. The van der Waals surface area contributed by atoms with Crippen molar-refractivity contribution in [1.29, 1.82) is 0 Å². The number of carbonyl (C=O) groups excluding carboxylic acids is 1. The SMILES string of the molecule is CCN1CCN(C(=O)C(O)c2ccccc2)CC1c1ncc[nH]1. The first kappa shape index (κ1) is 15.7. The van der Waals surface area contributed by atoms with Crippen LogP contribution in [0.15, 0.2) is 42.7 Å². The summed E-state index contributed by atoms with van der Waals surface area (Å²) in [5.74, 6) is 0.613. The summed E-state index contributed by atoms with van der Waals surface area (Å²) < 4.78 is 0. The number of rotatable bonds is 4. The number of H-pyrrole nitrogens is 1. The van der Waals surface area contributed by atoms with Gasteiger partial charge in [0.05, 0.1) is 6.04 Å². The maximum atomic E-state index is 12.6. The number of benzene rings is 1. The average Bonchev–Trinajstić information content (AvgIpc) is 3.15. The van der Waals surface area contributed by atoms with Crippen molar-refractivity contribution in [3.05, 3.63) is 54.1 Å². The zero-order valence-corrected chi connectivity index (χ0v) is 13.2. The molecule has 0 saturated carbocycles. The van der Waals surface area contributed by atoms with Crippen LogP contribution < -0.4 is 0 Å². The van der Waals surface area contributed by atoms with Crippen molar-refractivity contribution >= 4 is 5.91 Å². The third-order valence-corrected chi connectivity index (χ3v) is 4.39. The van der Waals surface area contributed by atoms with E-state index in [1.165, 1.54) is 0 Å². The van der Waals surface area contributed by atoms with Gasteiger partial charge >= 0.3 is 0 Å². The topological polar surface area (TPSA) is 72.5 Å². The van der Waals surface area contributed by atoms with Crippen LogP contribution in [-0.2, 0) is 4.79 Å². The Hall–Kier alpha value is -2.18. The van der Waals surface area contributed by atoms with Crippen LogP contribution in [0.4, 0.5) is 0 Å². The van der Waals surface area contributed by atoms with Gasteiger partial charge in [-0.3, -0.25) is 9.69 Å². The summed E-state index contributed by atoms with van der Waals surface area (Å²) in [5.41, 5.74) is 0.630. The zero-order chi connectivity index (χ0) is 16.2. The summed E-state index contributed by atoms with van der Waals surface area (Å²) in [6.45, 7) is 4.92. The molecule has 2 aromatic rings. The molecule has 6 nitrogen and oxygen atoms in total. The third-order valence-electron chi connectivity index (χ3n) is 4.39. The average molecular weight is 314 g/mol. The number of imidazole rings is 1. The second-order valence-electron chi connectivity index (χ2n) is 5.72. The molecular formula is C17H22N4O2. The van der Waals surface area contributed by atoms with Gasteiger partial charge in [0.15, 0.2) is 6.10 Å². The van der Waals surface area contributed by atoms with E-state index < -0.39 is 6.10 Å². The first-order valence-electron chi connectivity index (χ1n) is 7.95. The van der Waals surface area contributed by atoms with E-state index >= 15 is 0 Å². The smallest absolute Gasteiger partial charge is 0.256 e. The number of aliphatic hydroxyl groups excluding tert-OH is 1. The van der Waals surface area contributed by atoms with Crippen molar-refractivity contribution in [2.45, 2.75) is 19.1 Å². The molecule has 2 atom stereocenters. The standard InChI is InChI=1S/C17H22N4O2/c1-2-20-10-11-21(12-14(20)16-18-8-9-19-16)17(23)15(22)13-6-4-3-5-7-13/h3-9,14-15,22H,2,10-12H2,1H3,(H,18,19). The number of aromatic nitrogens is 2. The predicted octanol–water partition coefficient (Wildman–Crippen LogP) is 1.35. The summed E-state index contributed by atoms with van der Waals surface area (Å²) in [6, 6.07) is 9.10. The Bertz CT molecular complexity index is 629. The van der Waals surface area contributed by atoms with Crippen LogP contribution in [0.5, 0.6) is 0 Å². The van der Waals surface area contributed by atoms with E-state index in [1.807, 2.05) is 18.2 Å². The maximum absolute atomic E-state index is 12.6. The van der Waals surface area contributed by atoms with Gasteiger partial charge < -0.3 is 15.0 Å². The van der Waals surface area contributed by atoms with Crippen LogP contribution in [0.25, 0.3) is 0 Å². The van der Waals surface area contributed by atoms with Crippen LogP contribution in [0.1, 0.15) is 30.5 Å². The predicted molar refractivity (Wildman–Crippen MR) is 86.6 cm³/mol. The molecule has 0 aliphatic carbocycles. The lowest BCUT2D eigenvalue weighted by Crippen LogP contribution is -2.51. The Morgan fingerprint density at radius 3 is 2.83 bits per heavy atom. The van der Waals surface area contributed by atoms with Gasteiger partial charge in [0.2, 0.25) is 0 Å². The fourth-order valence-electron chi connectivity index (χ4n) is 3.07. The van der Waals surface area contributed by atoms with Gasteiger partial charge in [-0.2, -0.15) is 0 Å². The molecule has 1 fully saturated rings. The molecule has 1 amide bonds. The minimum atomic E-state index is -1.11. The van der Waals surface area contributed by atoms with Crippen LogP contribution in [-0.4, -0.2) is 57.0 Å². The lowest BCUT2D eigenvalue weighted by atomic mass is 10.1. The van der Waals surface area contributed by atoms with E-state index in [0.717, 1.165) is 18.9 Å². The Balaban J connectivity index is 1.74. The zero-order valence-electron chi connectivity index (χ0n) is 13.2. The summed E-state index contributed by atoms with van der Waals surface area (Å²) in [7, 11) is 0. The molecule has 23 heavy (non-hydrogen) atoms. The van der Waals surface area contributed by atoms with Crippen molar-refractivity contribution < 1.29 is 9.90 Å². The summed E-state index contributed by atoms with van der Waals surface area (Å²) >= 11 is 0. The van der Waals surface area contributed by atoms with Crippen LogP contribution in [0.3, 0.4) is 0 Å². The molecule has 6 heteroatoms. The van der Waals surface area contributed by atoms with E-state index in [1.54, 1.807) is 29.4 Å². The minimum Gasteiger partial charge on any atom is -0.378 e. The number of hydrogen-bond acceptors (Lipinski definition) is 4. The number of amides is 1. The van der Waals surface area contributed by atoms with Gasteiger partial charge in [0.25, 0.3) is 5.91 Å². The molecule has 0 bridgehead atoms. The second-order valence-corrected chi connectivity index (χ2v) is 5.72. The number of nitrogens with one attached hydrogen (secondary N) is 1. The van der Waals surface area contributed by atoms with E-state index in [9.17, 15) is 9.90 Å². The van der Waals surface area contributed by atoms with Crippen molar-refractivity contribution in [3.8, 4) is 0 Å². The van der Waals surface area contributed by atoms with E-state index in [0.29, 0.717) is 18.7 Å². The Morgan fingerprint density at radius 2 is 2.17 bits per heavy atom. The summed E-state index contributed by atoms with van der Waals surface area (Å²) in [4.78, 5) is 24.1. The number of aromatic amines is 1. The van der Waals surface area contributed by atoms with Crippen molar-refractivity contribution in [3.63, 3.8) is 0 Å². The number of aliphatic hydroxyl groups is 1. The number of piperazine rings is 1. The van der Waals surface area contributed by atoms with Crippen LogP contribution in [0.2, 0.25) is 0 Å². The Kier molecular flexibility index (Phi) is 4.73. The largest absolute Gasteiger partial charge is 0.378 e. The number of hydrogen-bond donors (Lipinski definition) is 2. The van der Waals surface area contributed by atoms with Crippen LogP contribution in [0, 0.1) is 0 Å². The van der Waals surface area contributed by atoms with Crippen LogP contribution >= 0.6 is 0 Å². The van der Waals surface area contributed by atoms with Gasteiger partial charge in [-0.1, -0.05) is 37.3 Å². The van der Waals surface area contributed by atoms with Crippen molar-refractivity contribution in [1.82, 2.24) is 19.8 Å². The maximum Gasteiger partial charge on any atom is 0.256 e. The van der Waals surface area contributed by atoms with Crippen molar-refractivity contribution in [2.75, 3.05) is 26.2 Å². The monoisotopic (exact) mass is 314 g/mol. The molecule has 122 valence electrons. The van der Waals surface area contributed by atoms with Crippen molar-refractivity contribution in [2.24, 2.45) is 0 Å². The Labute approximate surface area is 135 Å². The first-order chi connectivity index (χ1) is 11.2. The van der Waals surface area contributed by atoms with E-state index in [-0.39, 0.29) is 11.9 Å². The fraction of sp³-hybridized carbons (Fsp3) is 0.412. The quantitative estimate of drug-likeness (QED) is 0.893. The molecule has 1 saturated heterocycles. The van der Waals surface area contributed by atoms with Gasteiger partial charge in [-0.15, -0.1) is 0 Å². The van der Waals surface area contributed by atoms with Gasteiger partial charge in [0.1, 0.15) is 5.82 Å². The number of likely N-dealkylation sites (N-methyl/N-ethyl adjacent to an activating group) is 1. The minimum absolute atomic E-state index is 0.0377. The third kappa shape index (κ3) is 3.28. The molecule has 0 spiro atoms. The molecule has 2 unspecified atom stereocenters. The highest BCUT2D eigenvalue weighted by Crippen LogP contribution is 2.25. The lowest BCUT2D eigenvalue weighted by Gasteiger charge is -2.40. The molecule has 0 radical (unpaired) electrons. The first-order valence-corrected chi connectivity index (χ1v) is 7.95. The molecule has 2 heterocycles. The van der Waals surface area contributed by atoms with E-state index in [4.69, 9.17) is 0 Å².